The summed E-state index contributed by atoms with van der Waals surface area (Å²) in [5.74, 6) is 0.647. The summed E-state index contributed by atoms with van der Waals surface area (Å²) in [5.41, 5.74) is 3.38. The monoisotopic (exact) mass is 458 g/mol. The van der Waals surface area contributed by atoms with E-state index in [1.807, 2.05) is 50.2 Å². The largest absolute Gasteiger partial charge is 0.497 e. The molecule has 4 rings (SSSR count). The molecule has 1 aromatic heterocycles. The molecule has 1 heterocycles. The van der Waals surface area contributed by atoms with E-state index in [1.165, 1.54) is 17.4 Å². The molecule has 3 aromatic carbocycles. The van der Waals surface area contributed by atoms with Crippen molar-refractivity contribution in [2.45, 2.75) is 13.8 Å². The van der Waals surface area contributed by atoms with Gasteiger partial charge in [-0.1, -0.05) is 35.9 Å². The third-order valence-electron chi connectivity index (χ3n) is 5.20. The molecular weight excluding hydrogens is 436 g/mol. The zero-order valence-electron chi connectivity index (χ0n) is 18.4. The van der Waals surface area contributed by atoms with Crippen molar-refractivity contribution in [1.82, 2.24) is 0 Å². The quantitative estimate of drug-likeness (QED) is 0.248. The van der Waals surface area contributed by atoms with Crippen LogP contribution in [0.15, 0.2) is 66.7 Å². The van der Waals surface area contributed by atoms with Crippen molar-refractivity contribution >= 4 is 39.3 Å². The van der Waals surface area contributed by atoms with Crippen molar-refractivity contribution in [3.05, 3.63) is 93.9 Å². The van der Waals surface area contributed by atoms with Gasteiger partial charge < -0.3 is 14.6 Å². The lowest BCUT2D eigenvalue weighted by Crippen LogP contribution is -2.03. The lowest BCUT2D eigenvalue weighted by atomic mass is 10.0. The highest BCUT2D eigenvalue weighted by Crippen LogP contribution is 2.43. The van der Waals surface area contributed by atoms with Gasteiger partial charge in [0.1, 0.15) is 16.4 Å². The van der Waals surface area contributed by atoms with E-state index in [2.05, 4.69) is 0 Å². The highest BCUT2D eigenvalue weighted by molar-refractivity contribution is 7.21. The van der Waals surface area contributed by atoms with Crippen LogP contribution in [0, 0.1) is 13.8 Å². The summed E-state index contributed by atoms with van der Waals surface area (Å²) in [6.07, 6.45) is 2.59. The number of aliphatic carboxylic acids is 1. The third kappa shape index (κ3) is 4.81. The first kappa shape index (κ1) is 22.3. The van der Waals surface area contributed by atoms with Crippen LogP contribution >= 0.6 is 11.3 Å². The number of carboxylic acid groups (broad SMARTS) is 1. The molecule has 0 saturated carbocycles. The number of hydrogen-bond acceptors (Lipinski definition) is 5. The average molecular weight is 459 g/mol. The second-order valence-corrected chi connectivity index (χ2v) is 8.66. The normalized spacial score (nSPS) is 11.1. The number of hydrogen-bond donors (Lipinski definition) is 1. The fraction of sp³-hybridized carbons (Fsp3) is 0.111. The minimum Gasteiger partial charge on any atom is -0.497 e. The van der Waals surface area contributed by atoms with E-state index in [9.17, 15) is 9.59 Å². The van der Waals surface area contributed by atoms with Gasteiger partial charge in [-0.2, -0.15) is 0 Å². The smallest absolute Gasteiger partial charge is 0.328 e. The first-order valence-electron chi connectivity index (χ1n) is 10.3. The summed E-state index contributed by atoms with van der Waals surface area (Å²) in [4.78, 5) is 24.8. The first-order valence-corrected chi connectivity index (χ1v) is 11.1. The predicted molar refractivity (Wildman–Crippen MR) is 131 cm³/mol. The van der Waals surface area contributed by atoms with Crippen molar-refractivity contribution in [3.63, 3.8) is 0 Å². The highest BCUT2D eigenvalue weighted by atomic mass is 32.1. The molecule has 0 saturated heterocycles. The van der Waals surface area contributed by atoms with Crippen LogP contribution < -0.4 is 9.47 Å². The molecule has 1 N–H and O–H groups in total. The van der Waals surface area contributed by atoms with Crippen molar-refractivity contribution in [2.75, 3.05) is 7.11 Å². The Morgan fingerprint density at radius 2 is 1.67 bits per heavy atom. The van der Waals surface area contributed by atoms with E-state index in [0.717, 1.165) is 32.9 Å². The molecule has 5 nitrogen and oxygen atoms in total. The van der Waals surface area contributed by atoms with Crippen LogP contribution in [0.25, 0.3) is 16.2 Å². The van der Waals surface area contributed by atoms with Crippen LogP contribution in [0.4, 0.5) is 0 Å². The van der Waals surface area contributed by atoms with Gasteiger partial charge >= 0.3 is 5.97 Å². The molecule has 0 amide bonds. The van der Waals surface area contributed by atoms with Gasteiger partial charge in [-0.15, -0.1) is 11.3 Å². The fourth-order valence-corrected chi connectivity index (χ4v) is 4.67. The Labute approximate surface area is 195 Å². The maximum atomic E-state index is 13.6. The summed E-state index contributed by atoms with van der Waals surface area (Å²) in [6, 6.07) is 18.4. The molecule has 0 spiro atoms. The Balaban J connectivity index is 1.77. The van der Waals surface area contributed by atoms with Crippen molar-refractivity contribution in [2.24, 2.45) is 0 Å². The number of fused-ring (bicyclic) bond motifs is 1. The van der Waals surface area contributed by atoms with Gasteiger partial charge in [0, 0.05) is 21.7 Å². The summed E-state index contributed by atoms with van der Waals surface area (Å²) in [7, 11) is 1.61. The minimum absolute atomic E-state index is 0.0938. The maximum absolute atomic E-state index is 13.6. The molecule has 0 aliphatic heterocycles. The molecule has 0 aliphatic rings. The number of benzene rings is 3. The molecule has 0 atom stereocenters. The van der Waals surface area contributed by atoms with Gasteiger partial charge in [0.2, 0.25) is 5.78 Å². The maximum Gasteiger partial charge on any atom is 0.328 e. The lowest BCUT2D eigenvalue weighted by molar-refractivity contribution is -0.131. The SMILES string of the molecule is COc1ccc2c(Oc3ccc(/C=C/C(=O)O)cc3)c(C(=O)c3ccc(C)cc3C)sc2c1. The van der Waals surface area contributed by atoms with Crippen molar-refractivity contribution < 1.29 is 24.2 Å². The van der Waals surface area contributed by atoms with Crippen molar-refractivity contribution in [1.29, 1.82) is 0 Å². The van der Waals surface area contributed by atoms with Gasteiger partial charge in [-0.05, 0) is 61.4 Å². The fourth-order valence-electron chi connectivity index (χ4n) is 3.55. The highest BCUT2D eigenvalue weighted by Gasteiger charge is 2.23. The summed E-state index contributed by atoms with van der Waals surface area (Å²) in [6.45, 7) is 3.93. The zero-order valence-corrected chi connectivity index (χ0v) is 19.2. The van der Waals surface area contributed by atoms with Crippen LogP contribution in [0.2, 0.25) is 0 Å². The second kappa shape index (κ2) is 9.30. The number of aryl methyl sites for hydroxylation is 2. The van der Waals surface area contributed by atoms with E-state index in [-0.39, 0.29) is 5.78 Å². The second-order valence-electron chi connectivity index (χ2n) is 7.61. The number of ketones is 1. The van der Waals surface area contributed by atoms with E-state index in [1.54, 1.807) is 31.4 Å². The van der Waals surface area contributed by atoms with E-state index >= 15 is 0 Å². The summed E-state index contributed by atoms with van der Waals surface area (Å²) >= 11 is 1.37. The van der Waals surface area contributed by atoms with Gasteiger partial charge in [-0.25, -0.2) is 4.79 Å². The molecule has 166 valence electrons. The van der Waals surface area contributed by atoms with E-state index in [0.29, 0.717) is 27.7 Å². The predicted octanol–water partition coefficient (Wildman–Crippen LogP) is 6.65. The molecule has 0 fully saturated rings. The number of carbonyl (C=O) groups is 2. The molecule has 0 unspecified atom stereocenters. The lowest BCUT2D eigenvalue weighted by Gasteiger charge is -2.10. The van der Waals surface area contributed by atoms with Gasteiger partial charge in [0.05, 0.1) is 7.11 Å². The Kier molecular flexibility index (Phi) is 6.29. The average Bonchev–Trinajstić information content (AvgIpc) is 3.15. The number of carbonyl (C=O) groups excluding carboxylic acids is 1. The van der Waals surface area contributed by atoms with Gasteiger partial charge in [-0.3, -0.25) is 4.79 Å². The Morgan fingerprint density at radius 1 is 0.939 bits per heavy atom. The number of carboxylic acids is 1. The molecule has 0 bridgehead atoms. The molecule has 0 aliphatic carbocycles. The molecule has 0 radical (unpaired) electrons. The number of thiophene rings is 1. The van der Waals surface area contributed by atoms with Crippen LogP contribution in [0.1, 0.15) is 31.9 Å². The standard InChI is InChI=1S/C27H22O5S/c1-16-4-11-21(17(2)14-16)25(30)27-26(22-12-10-20(31-3)15-23(22)33-27)32-19-8-5-18(6-9-19)7-13-24(28)29/h4-15H,1-3H3,(H,28,29)/b13-7+. The number of methoxy groups -OCH3 is 1. The topological polar surface area (TPSA) is 72.8 Å². The minimum atomic E-state index is -1.01. The van der Waals surface area contributed by atoms with E-state index in [4.69, 9.17) is 14.6 Å². The molecule has 4 aromatic rings. The van der Waals surface area contributed by atoms with Gasteiger partial charge in [0.25, 0.3) is 0 Å². The third-order valence-corrected chi connectivity index (χ3v) is 6.34. The number of rotatable bonds is 7. The van der Waals surface area contributed by atoms with Crippen LogP contribution in [0.3, 0.4) is 0 Å². The first-order chi connectivity index (χ1) is 15.9. The molecule has 6 heteroatoms. The van der Waals surface area contributed by atoms with Crippen LogP contribution in [-0.4, -0.2) is 24.0 Å². The van der Waals surface area contributed by atoms with Crippen LogP contribution in [0.5, 0.6) is 17.2 Å². The summed E-state index contributed by atoms with van der Waals surface area (Å²) < 4.78 is 12.5. The van der Waals surface area contributed by atoms with Crippen LogP contribution in [-0.2, 0) is 4.79 Å². The summed E-state index contributed by atoms with van der Waals surface area (Å²) in [5, 5.41) is 9.62. The zero-order chi connectivity index (χ0) is 23.5. The van der Waals surface area contributed by atoms with Gasteiger partial charge in [0.15, 0.2) is 5.75 Å². The molecule has 33 heavy (non-hydrogen) atoms. The Bertz CT molecular complexity index is 1380. The van der Waals surface area contributed by atoms with E-state index < -0.39 is 5.97 Å². The Morgan fingerprint density at radius 3 is 2.33 bits per heavy atom. The number of ether oxygens (including phenoxy) is 2. The molecular formula is C27H22O5S. The van der Waals surface area contributed by atoms with Crippen molar-refractivity contribution in [3.8, 4) is 17.2 Å². The Hall–Kier alpha value is -3.90.